The average molecular weight is 340 g/mol. The van der Waals surface area contributed by atoms with Crippen molar-refractivity contribution in [3.8, 4) is 0 Å². The van der Waals surface area contributed by atoms with Crippen LogP contribution in [0.5, 0.6) is 0 Å². The highest BCUT2D eigenvalue weighted by atomic mass is 32.1. The number of thiazole rings is 1. The fourth-order valence-electron chi connectivity index (χ4n) is 2.99. The van der Waals surface area contributed by atoms with Crippen LogP contribution in [0.2, 0.25) is 0 Å². The zero-order chi connectivity index (χ0) is 16.7. The molecular formula is C16H29N5OS. The summed E-state index contributed by atoms with van der Waals surface area (Å²) in [5.74, 6) is 0.632. The molecule has 130 valence electrons. The summed E-state index contributed by atoms with van der Waals surface area (Å²) in [6, 6.07) is 0. The highest BCUT2D eigenvalue weighted by Gasteiger charge is 2.26. The molecule has 0 spiro atoms. The Hall–Kier alpha value is -1.34. The molecule has 0 saturated carbocycles. The van der Waals surface area contributed by atoms with E-state index in [0.717, 1.165) is 50.6 Å². The molecule has 2 heterocycles. The van der Waals surface area contributed by atoms with Gasteiger partial charge >= 0.3 is 0 Å². The van der Waals surface area contributed by atoms with Crippen LogP contribution in [0.1, 0.15) is 33.1 Å². The number of hydrogen-bond donors (Lipinski definition) is 2. The van der Waals surface area contributed by atoms with Crippen molar-refractivity contribution in [2.75, 3.05) is 44.2 Å². The van der Waals surface area contributed by atoms with Crippen LogP contribution in [0.25, 0.3) is 0 Å². The Bertz CT molecular complexity index is 479. The van der Waals surface area contributed by atoms with Crippen molar-refractivity contribution < 1.29 is 5.11 Å². The second kappa shape index (κ2) is 8.49. The number of hydrogen-bond acceptors (Lipinski definition) is 5. The van der Waals surface area contributed by atoms with Crippen molar-refractivity contribution in [2.45, 2.75) is 33.1 Å². The van der Waals surface area contributed by atoms with Crippen molar-refractivity contribution >= 4 is 22.4 Å². The molecule has 7 heteroatoms. The Morgan fingerprint density at radius 1 is 1.35 bits per heavy atom. The zero-order valence-electron chi connectivity index (χ0n) is 14.2. The molecule has 1 aliphatic heterocycles. The monoisotopic (exact) mass is 339 g/mol. The molecular weight excluding hydrogens is 310 g/mol. The van der Waals surface area contributed by atoms with E-state index in [1.807, 2.05) is 11.6 Å². The van der Waals surface area contributed by atoms with E-state index < -0.39 is 0 Å². The number of anilines is 1. The summed E-state index contributed by atoms with van der Waals surface area (Å²) in [7, 11) is 0. The van der Waals surface area contributed by atoms with Crippen molar-refractivity contribution in [3.63, 3.8) is 0 Å². The lowest BCUT2D eigenvalue weighted by Gasteiger charge is -2.36. The van der Waals surface area contributed by atoms with E-state index in [9.17, 15) is 5.11 Å². The van der Waals surface area contributed by atoms with Crippen LogP contribution in [0, 0.1) is 5.41 Å². The van der Waals surface area contributed by atoms with Gasteiger partial charge in [0.25, 0.3) is 0 Å². The van der Waals surface area contributed by atoms with Crippen molar-refractivity contribution in [1.82, 2.24) is 9.88 Å². The summed E-state index contributed by atoms with van der Waals surface area (Å²) in [5.41, 5.74) is 6.28. The summed E-state index contributed by atoms with van der Waals surface area (Å²) in [6.07, 6.45) is 4.66. The van der Waals surface area contributed by atoms with Crippen molar-refractivity contribution in [3.05, 3.63) is 11.6 Å². The lowest BCUT2D eigenvalue weighted by Crippen LogP contribution is -2.51. The molecule has 1 aromatic rings. The molecule has 0 atom stereocenters. The quantitative estimate of drug-likeness (QED) is 0.585. The van der Waals surface area contributed by atoms with E-state index in [-0.39, 0.29) is 12.0 Å². The molecule has 0 unspecified atom stereocenters. The molecule has 2 rings (SSSR count). The first kappa shape index (κ1) is 18.0. The molecule has 0 aliphatic carbocycles. The predicted molar refractivity (Wildman–Crippen MR) is 97.1 cm³/mol. The third-order valence-electron chi connectivity index (χ3n) is 5.01. The topological polar surface area (TPSA) is 78.0 Å². The van der Waals surface area contributed by atoms with Gasteiger partial charge in [0.1, 0.15) is 0 Å². The molecule has 3 N–H and O–H groups in total. The second-order valence-electron chi connectivity index (χ2n) is 6.14. The van der Waals surface area contributed by atoms with Gasteiger partial charge in [-0.2, -0.15) is 0 Å². The SMILES string of the molecule is CCC(CC)(CCO)CN=C(N)N1CCN(c2nccs2)CC1. The van der Waals surface area contributed by atoms with Crippen LogP contribution in [0.4, 0.5) is 5.13 Å². The molecule has 6 nitrogen and oxygen atoms in total. The van der Waals surface area contributed by atoms with E-state index >= 15 is 0 Å². The van der Waals surface area contributed by atoms with Gasteiger partial charge < -0.3 is 20.6 Å². The maximum atomic E-state index is 9.30. The number of rotatable bonds is 7. The number of aliphatic hydroxyl groups is 1. The number of aliphatic hydroxyl groups excluding tert-OH is 1. The van der Waals surface area contributed by atoms with Gasteiger partial charge in [-0.1, -0.05) is 13.8 Å². The van der Waals surface area contributed by atoms with E-state index in [4.69, 9.17) is 5.73 Å². The van der Waals surface area contributed by atoms with E-state index in [1.54, 1.807) is 11.3 Å². The zero-order valence-corrected chi connectivity index (χ0v) is 15.1. The summed E-state index contributed by atoms with van der Waals surface area (Å²) in [6.45, 7) is 8.83. The van der Waals surface area contributed by atoms with Crippen molar-refractivity contribution in [1.29, 1.82) is 0 Å². The van der Waals surface area contributed by atoms with Crippen LogP contribution in [-0.4, -0.2) is 60.3 Å². The van der Waals surface area contributed by atoms with Crippen molar-refractivity contribution in [2.24, 2.45) is 16.1 Å². The Labute approximate surface area is 143 Å². The van der Waals surface area contributed by atoms with Crippen LogP contribution in [-0.2, 0) is 0 Å². The lowest BCUT2D eigenvalue weighted by atomic mass is 9.79. The Morgan fingerprint density at radius 2 is 2.04 bits per heavy atom. The third-order valence-corrected chi connectivity index (χ3v) is 5.84. The van der Waals surface area contributed by atoms with E-state index in [2.05, 4.69) is 33.6 Å². The molecule has 0 radical (unpaired) electrons. The minimum Gasteiger partial charge on any atom is -0.396 e. The van der Waals surface area contributed by atoms with Gasteiger partial charge in [-0.05, 0) is 24.7 Å². The standard InChI is InChI=1S/C16H29N5OS/c1-3-16(4-2,5-11-22)13-19-14(17)20-7-9-21(10-8-20)15-18-6-12-23-15/h6,12,22H,3-5,7-11,13H2,1-2H3,(H2,17,19). The first-order chi connectivity index (χ1) is 11.1. The molecule has 1 fully saturated rings. The summed E-state index contributed by atoms with van der Waals surface area (Å²) < 4.78 is 0. The average Bonchev–Trinajstić information content (AvgIpc) is 3.13. The Morgan fingerprint density at radius 3 is 2.57 bits per heavy atom. The fourth-order valence-corrected chi connectivity index (χ4v) is 3.69. The predicted octanol–water partition coefficient (Wildman–Crippen LogP) is 1.77. The number of aromatic nitrogens is 1. The summed E-state index contributed by atoms with van der Waals surface area (Å²) in [5, 5.41) is 12.4. The van der Waals surface area contributed by atoms with Gasteiger partial charge in [0, 0.05) is 50.9 Å². The number of guanidine groups is 1. The smallest absolute Gasteiger partial charge is 0.191 e. The fraction of sp³-hybridized carbons (Fsp3) is 0.750. The molecule has 0 bridgehead atoms. The van der Waals surface area contributed by atoms with Crippen LogP contribution in [0.15, 0.2) is 16.6 Å². The molecule has 1 aromatic heterocycles. The van der Waals surface area contributed by atoms with Crippen LogP contribution in [0.3, 0.4) is 0 Å². The number of nitrogens with two attached hydrogens (primary N) is 1. The number of aliphatic imine (C=N–C) groups is 1. The summed E-state index contributed by atoms with van der Waals surface area (Å²) >= 11 is 1.68. The maximum absolute atomic E-state index is 9.30. The first-order valence-corrected chi connectivity index (χ1v) is 9.32. The number of nitrogens with zero attached hydrogens (tertiary/aromatic N) is 4. The van der Waals surface area contributed by atoms with Gasteiger partial charge in [0.05, 0.1) is 0 Å². The number of piperazine rings is 1. The first-order valence-electron chi connectivity index (χ1n) is 8.44. The van der Waals surface area contributed by atoms with Gasteiger partial charge in [-0.15, -0.1) is 11.3 Å². The molecule has 1 saturated heterocycles. The van der Waals surface area contributed by atoms with Crippen LogP contribution >= 0.6 is 11.3 Å². The molecule has 0 amide bonds. The minimum atomic E-state index is 0.0715. The van der Waals surface area contributed by atoms with Gasteiger partial charge in [-0.25, -0.2) is 4.98 Å². The Balaban J connectivity index is 1.89. The van der Waals surface area contributed by atoms with E-state index in [1.165, 1.54) is 0 Å². The summed E-state index contributed by atoms with van der Waals surface area (Å²) in [4.78, 5) is 13.5. The highest BCUT2D eigenvalue weighted by Crippen LogP contribution is 2.30. The van der Waals surface area contributed by atoms with Gasteiger partial charge in [0.15, 0.2) is 11.1 Å². The van der Waals surface area contributed by atoms with Gasteiger partial charge in [-0.3, -0.25) is 4.99 Å². The molecule has 1 aliphatic rings. The van der Waals surface area contributed by atoms with E-state index in [0.29, 0.717) is 12.5 Å². The lowest BCUT2D eigenvalue weighted by molar-refractivity contribution is 0.175. The van der Waals surface area contributed by atoms with Crippen LogP contribution < -0.4 is 10.6 Å². The molecule has 23 heavy (non-hydrogen) atoms. The maximum Gasteiger partial charge on any atom is 0.191 e. The normalized spacial score (nSPS) is 16.9. The second-order valence-corrected chi connectivity index (χ2v) is 7.02. The third kappa shape index (κ3) is 4.57. The largest absolute Gasteiger partial charge is 0.396 e. The Kier molecular flexibility index (Phi) is 6.65. The molecule has 0 aromatic carbocycles. The minimum absolute atomic E-state index is 0.0715. The van der Waals surface area contributed by atoms with Gasteiger partial charge in [0.2, 0.25) is 0 Å². The highest BCUT2D eigenvalue weighted by molar-refractivity contribution is 7.13.